The molecule has 0 radical (unpaired) electrons. The topological polar surface area (TPSA) is 35.2 Å². The molecule has 0 atom stereocenters. The van der Waals surface area contributed by atoms with Gasteiger partial charge in [-0.05, 0) is 41.8 Å². The summed E-state index contributed by atoms with van der Waals surface area (Å²) in [7, 11) is 0. The van der Waals surface area contributed by atoms with Crippen molar-refractivity contribution in [1.82, 2.24) is 0 Å². The molecule has 0 aliphatic carbocycles. The molecule has 2 N–H and O–H groups in total. The van der Waals surface area contributed by atoms with Crippen LogP contribution in [0.25, 0.3) is 0 Å². The van der Waals surface area contributed by atoms with E-state index in [1.165, 1.54) is 12.1 Å². The molecule has 0 amide bonds. The van der Waals surface area contributed by atoms with Crippen LogP contribution in [-0.2, 0) is 6.42 Å². The van der Waals surface area contributed by atoms with Crippen LogP contribution in [0, 0.1) is 0 Å². The fourth-order valence-electron chi connectivity index (χ4n) is 1.73. The zero-order chi connectivity index (χ0) is 13.0. The molecule has 0 unspecified atom stereocenters. The highest BCUT2D eigenvalue weighted by molar-refractivity contribution is 5.42. The summed E-state index contributed by atoms with van der Waals surface area (Å²) in [5, 5.41) is 0. The number of hydrogen-bond acceptors (Lipinski definition) is 2. The molecule has 0 spiro atoms. The number of anilines is 1. The van der Waals surface area contributed by atoms with Crippen LogP contribution in [0.15, 0.2) is 48.5 Å². The smallest absolute Gasteiger partial charge is 0.387 e. The molecule has 94 valence electrons. The maximum absolute atomic E-state index is 12.0. The highest BCUT2D eigenvalue weighted by atomic mass is 19.3. The Morgan fingerprint density at radius 1 is 1.00 bits per heavy atom. The number of hydrogen-bond donors (Lipinski definition) is 1. The standard InChI is InChI=1S/C14H13F2NO/c15-14(16)18-13-6-4-10(5-7-13)8-11-2-1-3-12(17)9-11/h1-7,9,14H,8,17H2. The van der Waals surface area contributed by atoms with E-state index in [1.807, 2.05) is 24.3 Å². The molecule has 0 aromatic heterocycles. The second-order valence-electron chi connectivity index (χ2n) is 3.94. The predicted molar refractivity (Wildman–Crippen MR) is 66.7 cm³/mol. The van der Waals surface area contributed by atoms with Gasteiger partial charge in [-0.15, -0.1) is 0 Å². The van der Waals surface area contributed by atoms with Crippen LogP contribution in [0.1, 0.15) is 11.1 Å². The molecule has 0 heterocycles. The number of ether oxygens (including phenoxy) is 1. The SMILES string of the molecule is Nc1cccc(Cc2ccc(OC(F)F)cc2)c1. The molecule has 2 rings (SSSR count). The van der Waals surface area contributed by atoms with Gasteiger partial charge in [-0.1, -0.05) is 24.3 Å². The van der Waals surface area contributed by atoms with Crippen LogP contribution in [0.4, 0.5) is 14.5 Å². The van der Waals surface area contributed by atoms with E-state index in [1.54, 1.807) is 12.1 Å². The van der Waals surface area contributed by atoms with Gasteiger partial charge in [0, 0.05) is 5.69 Å². The quantitative estimate of drug-likeness (QED) is 0.842. The second-order valence-corrected chi connectivity index (χ2v) is 3.94. The fourth-order valence-corrected chi connectivity index (χ4v) is 1.73. The van der Waals surface area contributed by atoms with E-state index < -0.39 is 6.61 Å². The zero-order valence-electron chi connectivity index (χ0n) is 9.64. The van der Waals surface area contributed by atoms with Crippen LogP contribution < -0.4 is 10.5 Å². The number of nitrogen functional groups attached to an aromatic ring is 1. The van der Waals surface area contributed by atoms with Crippen molar-refractivity contribution in [2.75, 3.05) is 5.73 Å². The Kier molecular flexibility index (Phi) is 3.77. The summed E-state index contributed by atoms with van der Waals surface area (Å²) >= 11 is 0. The predicted octanol–water partition coefficient (Wildman–Crippen LogP) is 3.46. The van der Waals surface area contributed by atoms with Crippen molar-refractivity contribution >= 4 is 5.69 Å². The van der Waals surface area contributed by atoms with Crippen molar-refractivity contribution < 1.29 is 13.5 Å². The first kappa shape index (κ1) is 12.4. The van der Waals surface area contributed by atoms with Gasteiger partial charge in [0.15, 0.2) is 0 Å². The minimum Gasteiger partial charge on any atom is -0.435 e. The Hall–Kier alpha value is -2.10. The van der Waals surface area contributed by atoms with E-state index in [4.69, 9.17) is 5.73 Å². The normalized spacial score (nSPS) is 10.6. The van der Waals surface area contributed by atoms with E-state index in [0.717, 1.165) is 11.1 Å². The third kappa shape index (κ3) is 3.45. The lowest BCUT2D eigenvalue weighted by atomic mass is 10.0. The summed E-state index contributed by atoms with van der Waals surface area (Å²) in [5.41, 5.74) is 8.50. The number of benzene rings is 2. The lowest BCUT2D eigenvalue weighted by molar-refractivity contribution is -0.0498. The van der Waals surface area contributed by atoms with Crippen LogP contribution in [-0.4, -0.2) is 6.61 Å². The van der Waals surface area contributed by atoms with Crippen molar-refractivity contribution in [3.63, 3.8) is 0 Å². The summed E-state index contributed by atoms with van der Waals surface area (Å²) in [6, 6.07) is 14.2. The van der Waals surface area contributed by atoms with Gasteiger partial charge in [0.25, 0.3) is 0 Å². The Balaban J connectivity index is 2.06. The van der Waals surface area contributed by atoms with E-state index in [-0.39, 0.29) is 5.75 Å². The molecule has 4 heteroatoms. The molecule has 0 fully saturated rings. The van der Waals surface area contributed by atoms with Gasteiger partial charge in [0.05, 0.1) is 0 Å². The average molecular weight is 249 g/mol. The van der Waals surface area contributed by atoms with Gasteiger partial charge in [0.1, 0.15) is 5.75 Å². The highest BCUT2D eigenvalue weighted by Gasteiger charge is 2.04. The molecule has 0 bridgehead atoms. The first-order valence-corrected chi connectivity index (χ1v) is 5.51. The van der Waals surface area contributed by atoms with Gasteiger partial charge in [0.2, 0.25) is 0 Å². The van der Waals surface area contributed by atoms with Crippen LogP contribution in [0.3, 0.4) is 0 Å². The monoisotopic (exact) mass is 249 g/mol. The molecule has 0 aliphatic rings. The number of halogens is 2. The summed E-state index contributed by atoms with van der Waals surface area (Å²) in [6.07, 6.45) is 0.708. The summed E-state index contributed by atoms with van der Waals surface area (Å²) in [5.74, 6) is 0.168. The minimum absolute atomic E-state index is 0.168. The molecule has 2 aromatic carbocycles. The first-order chi connectivity index (χ1) is 8.63. The third-order valence-corrected chi connectivity index (χ3v) is 2.51. The lowest BCUT2D eigenvalue weighted by Crippen LogP contribution is -2.01. The van der Waals surface area contributed by atoms with Crippen molar-refractivity contribution in [1.29, 1.82) is 0 Å². The molecular formula is C14H13F2NO. The summed E-state index contributed by atoms with van der Waals surface area (Å²) < 4.78 is 28.2. The van der Waals surface area contributed by atoms with Crippen molar-refractivity contribution in [3.8, 4) is 5.75 Å². The van der Waals surface area contributed by atoms with E-state index in [2.05, 4.69) is 4.74 Å². The van der Waals surface area contributed by atoms with Crippen LogP contribution in [0.5, 0.6) is 5.75 Å². The van der Waals surface area contributed by atoms with Crippen molar-refractivity contribution in [2.24, 2.45) is 0 Å². The zero-order valence-corrected chi connectivity index (χ0v) is 9.64. The maximum Gasteiger partial charge on any atom is 0.387 e. The largest absolute Gasteiger partial charge is 0.435 e. The van der Waals surface area contributed by atoms with Gasteiger partial charge in [-0.25, -0.2) is 0 Å². The molecular weight excluding hydrogens is 236 g/mol. The molecule has 2 aromatic rings. The van der Waals surface area contributed by atoms with Gasteiger partial charge >= 0.3 is 6.61 Å². The lowest BCUT2D eigenvalue weighted by Gasteiger charge is -2.06. The molecule has 0 saturated carbocycles. The Bertz CT molecular complexity index is 511. The molecule has 0 saturated heterocycles. The van der Waals surface area contributed by atoms with Crippen molar-refractivity contribution in [2.45, 2.75) is 13.0 Å². The Labute approximate surface area is 104 Å². The first-order valence-electron chi connectivity index (χ1n) is 5.51. The van der Waals surface area contributed by atoms with Gasteiger partial charge in [-0.3, -0.25) is 0 Å². The van der Waals surface area contributed by atoms with Crippen molar-refractivity contribution in [3.05, 3.63) is 59.7 Å². The van der Waals surface area contributed by atoms with E-state index in [0.29, 0.717) is 12.1 Å². The summed E-state index contributed by atoms with van der Waals surface area (Å²) in [6.45, 7) is -2.79. The fraction of sp³-hybridized carbons (Fsp3) is 0.143. The van der Waals surface area contributed by atoms with E-state index in [9.17, 15) is 8.78 Å². The average Bonchev–Trinajstić information content (AvgIpc) is 2.31. The Morgan fingerprint density at radius 3 is 2.33 bits per heavy atom. The number of nitrogens with two attached hydrogens (primary N) is 1. The molecule has 2 nitrogen and oxygen atoms in total. The second kappa shape index (κ2) is 5.49. The molecule has 0 aliphatic heterocycles. The third-order valence-electron chi connectivity index (χ3n) is 2.51. The Morgan fingerprint density at radius 2 is 1.72 bits per heavy atom. The number of rotatable bonds is 4. The van der Waals surface area contributed by atoms with Gasteiger partial charge < -0.3 is 10.5 Å². The maximum atomic E-state index is 12.0. The van der Waals surface area contributed by atoms with Gasteiger partial charge in [-0.2, -0.15) is 8.78 Å². The highest BCUT2D eigenvalue weighted by Crippen LogP contribution is 2.18. The minimum atomic E-state index is -2.79. The van der Waals surface area contributed by atoms with E-state index >= 15 is 0 Å². The molecule has 18 heavy (non-hydrogen) atoms. The van der Waals surface area contributed by atoms with Crippen LogP contribution in [0.2, 0.25) is 0 Å². The number of alkyl halides is 2. The van der Waals surface area contributed by atoms with Crippen LogP contribution >= 0.6 is 0 Å². The summed E-state index contributed by atoms with van der Waals surface area (Å²) in [4.78, 5) is 0.